The Morgan fingerprint density at radius 1 is 1.12 bits per heavy atom. The molecule has 0 unspecified atom stereocenters. The van der Waals surface area contributed by atoms with Crippen LogP contribution in [0.15, 0.2) is 42.5 Å². The molecule has 1 heterocycles. The van der Waals surface area contributed by atoms with Crippen LogP contribution in [0.3, 0.4) is 0 Å². The van der Waals surface area contributed by atoms with E-state index in [1.165, 1.54) is 18.2 Å². The zero-order chi connectivity index (χ0) is 17.9. The summed E-state index contributed by atoms with van der Waals surface area (Å²) in [6.45, 7) is 0.236. The second-order valence-corrected chi connectivity index (χ2v) is 5.44. The topological polar surface area (TPSA) is 51.8 Å². The van der Waals surface area contributed by atoms with Crippen LogP contribution in [0.2, 0.25) is 0 Å². The molecule has 0 aliphatic carbocycles. The molecule has 2 aromatic rings. The fourth-order valence-corrected chi connectivity index (χ4v) is 2.39. The van der Waals surface area contributed by atoms with Crippen molar-refractivity contribution >= 4 is 23.0 Å². The van der Waals surface area contributed by atoms with Crippen LogP contribution in [0, 0.1) is 0 Å². The van der Waals surface area contributed by atoms with Crippen molar-refractivity contribution in [3.63, 3.8) is 0 Å². The molecule has 2 N–H and O–H groups in total. The van der Waals surface area contributed by atoms with Gasteiger partial charge in [0.1, 0.15) is 5.75 Å². The van der Waals surface area contributed by atoms with Crippen LogP contribution in [0.25, 0.3) is 0 Å². The molecule has 0 bridgehead atoms. The molecule has 9 heteroatoms. The minimum atomic E-state index is -4.75. The van der Waals surface area contributed by atoms with Gasteiger partial charge >= 0.3 is 6.36 Å². The molecular weight excluding hydrogens is 357 g/mol. The second kappa shape index (κ2) is 7.06. The Hall–Kier alpha value is -2.68. The Balaban J connectivity index is 1.59. The number of rotatable bonds is 4. The van der Waals surface area contributed by atoms with Gasteiger partial charge in [-0.1, -0.05) is 18.2 Å². The lowest BCUT2D eigenvalue weighted by Crippen LogP contribution is -2.28. The number of thiocarbonyl (C=S) groups is 1. The van der Waals surface area contributed by atoms with E-state index < -0.39 is 6.36 Å². The van der Waals surface area contributed by atoms with Crippen molar-refractivity contribution in [2.45, 2.75) is 12.9 Å². The number of hydrogen-bond donors (Lipinski definition) is 2. The number of para-hydroxylation sites is 1. The van der Waals surface area contributed by atoms with Gasteiger partial charge in [-0.2, -0.15) is 0 Å². The molecule has 0 atom stereocenters. The Kier molecular flexibility index (Phi) is 4.84. The molecule has 0 radical (unpaired) electrons. The summed E-state index contributed by atoms with van der Waals surface area (Å²) in [4.78, 5) is 0. The first-order chi connectivity index (χ1) is 11.9. The minimum absolute atomic E-state index is 0.0721. The smallest absolute Gasteiger partial charge is 0.454 e. The van der Waals surface area contributed by atoms with Crippen LogP contribution in [0.1, 0.15) is 5.56 Å². The Labute approximate surface area is 146 Å². The van der Waals surface area contributed by atoms with E-state index in [-0.39, 0.29) is 24.2 Å². The summed E-state index contributed by atoms with van der Waals surface area (Å²) < 4.78 is 51.7. The predicted molar refractivity (Wildman–Crippen MR) is 88.8 cm³/mol. The highest BCUT2D eigenvalue weighted by Gasteiger charge is 2.31. The van der Waals surface area contributed by atoms with Gasteiger partial charge < -0.3 is 24.8 Å². The fourth-order valence-electron chi connectivity index (χ4n) is 2.20. The molecule has 1 aliphatic rings. The molecule has 1 aliphatic heterocycles. The maximum absolute atomic E-state index is 12.4. The van der Waals surface area contributed by atoms with Gasteiger partial charge in [-0.3, -0.25) is 0 Å². The molecule has 0 spiro atoms. The third-order valence-corrected chi connectivity index (χ3v) is 3.51. The largest absolute Gasteiger partial charge is 0.573 e. The van der Waals surface area contributed by atoms with E-state index in [1.54, 1.807) is 24.3 Å². The lowest BCUT2D eigenvalue weighted by Gasteiger charge is -2.15. The highest BCUT2D eigenvalue weighted by Crippen LogP contribution is 2.34. The molecule has 25 heavy (non-hydrogen) atoms. The van der Waals surface area contributed by atoms with Gasteiger partial charge in [-0.05, 0) is 30.4 Å². The SMILES string of the molecule is FC(F)(F)Oc1ccccc1CNC(=S)Nc1ccc2c(c1)OCO2. The number of benzene rings is 2. The summed E-state index contributed by atoms with van der Waals surface area (Å²) in [6, 6.07) is 11.1. The summed E-state index contributed by atoms with van der Waals surface area (Å²) in [6.07, 6.45) is -4.75. The van der Waals surface area contributed by atoms with Crippen molar-refractivity contribution in [1.29, 1.82) is 0 Å². The molecule has 2 aromatic carbocycles. The lowest BCUT2D eigenvalue weighted by atomic mass is 10.2. The lowest BCUT2D eigenvalue weighted by molar-refractivity contribution is -0.274. The first-order valence-corrected chi connectivity index (χ1v) is 7.60. The van der Waals surface area contributed by atoms with Crippen molar-refractivity contribution in [1.82, 2.24) is 5.32 Å². The summed E-state index contributed by atoms with van der Waals surface area (Å²) in [5.41, 5.74) is 0.997. The maximum Gasteiger partial charge on any atom is 0.573 e. The highest BCUT2D eigenvalue weighted by atomic mass is 32.1. The van der Waals surface area contributed by atoms with Crippen molar-refractivity contribution < 1.29 is 27.4 Å². The van der Waals surface area contributed by atoms with Crippen molar-refractivity contribution in [2.24, 2.45) is 0 Å². The van der Waals surface area contributed by atoms with Crippen LogP contribution in [0.5, 0.6) is 17.2 Å². The molecule has 0 fully saturated rings. The van der Waals surface area contributed by atoms with Gasteiger partial charge in [0.15, 0.2) is 16.6 Å². The summed E-state index contributed by atoms with van der Waals surface area (Å²) in [7, 11) is 0. The maximum atomic E-state index is 12.4. The summed E-state index contributed by atoms with van der Waals surface area (Å²) >= 11 is 5.16. The van der Waals surface area contributed by atoms with Gasteiger partial charge in [0.05, 0.1) is 0 Å². The number of anilines is 1. The zero-order valence-corrected chi connectivity index (χ0v) is 13.5. The standard InChI is InChI=1S/C16H13F3N2O3S/c17-16(18,19)24-12-4-2-1-3-10(12)8-20-15(25)21-11-5-6-13-14(7-11)23-9-22-13/h1-7H,8-9H2,(H2,20,21,25). The average molecular weight is 370 g/mol. The Morgan fingerprint density at radius 2 is 1.88 bits per heavy atom. The third-order valence-electron chi connectivity index (χ3n) is 3.27. The van der Waals surface area contributed by atoms with E-state index in [0.717, 1.165) is 0 Å². The molecule has 0 amide bonds. The monoisotopic (exact) mass is 370 g/mol. The first kappa shape index (κ1) is 17.2. The van der Waals surface area contributed by atoms with E-state index >= 15 is 0 Å². The summed E-state index contributed by atoms with van der Waals surface area (Å²) in [5, 5.41) is 6.02. The van der Waals surface area contributed by atoms with E-state index in [1.807, 2.05) is 0 Å². The summed E-state index contributed by atoms with van der Waals surface area (Å²) in [5.74, 6) is 0.966. The minimum Gasteiger partial charge on any atom is -0.454 e. The number of hydrogen-bond acceptors (Lipinski definition) is 4. The zero-order valence-electron chi connectivity index (χ0n) is 12.7. The quantitative estimate of drug-likeness (QED) is 0.799. The van der Waals surface area contributed by atoms with Crippen LogP contribution >= 0.6 is 12.2 Å². The molecular formula is C16H13F3N2O3S. The molecule has 3 rings (SSSR count). The van der Waals surface area contributed by atoms with Gasteiger partial charge in [0, 0.05) is 23.9 Å². The van der Waals surface area contributed by atoms with E-state index in [4.69, 9.17) is 21.7 Å². The van der Waals surface area contributed by atoms with Crippen LogP contribution < -0.4 is 24.8 Å². The second-order valence-electron chi connectivity index (χ2n) is 5.03. The normalized spacial score (nSPS) is 12.6. The fraction of sp³-hybridized carbons (Fsp3) is 0.188. The molecule has 132 valence electrons. The number of nitrogens with one attached hydrogen (secondary N) is 2. The van der Waals surface area contributed by atoms with E-state index in [2.05, 4.69) is 15.4 Å². The van der Waals surface area contributed by atoms with Gasteiger partial charge in [0.25, 0.3) is 0 Å². The number of alkyl halides is 3. The number of ether oxygens (including phenoxy) is 3. The number of halogens is 3. The van der Waals surface area contributed by atoms with Gasteiger partial charge in [0.2, 0.25) is 6.79 Å². The molecule has 0 saturated heterocycles. The number of fused-ring (bicyclic) bond motifs is 1. The van der Waals surface area contributed by atoms with Crippen LogP contribution in [-0.2, 0) is 6.54 Å². The molecule has 0 saturated carbocycles. The van der Waals surface area contributed by atoms with E-state index in [9.17, 15) is 13.2 Å². The molecule has 0 aromatic heterocycles. The Morgan fingerprint density at radius 3 is 2.68 bits per heavy atom. The van der Waals surface area contributed by atoms with Crippen LogP contribution in [-0.4, -0.2) is 18.3 Å². The van der Waals surface area contributed by atoms with E-state index in [0.29, 0.717) is 22.7 Å². The average Bonchev–Trinajstić information content (AvgIpc) is 3.00. The Bertz CT molecular complexity index is 783. The third kappa shape index (κ3) is 4.66. The van der Waals surface area contributed by atoms with Gasteiger partial charge in [-0.25, -0.2) is 0 Å². The molecule has 5 nitrogen and oxygen atoms in total. The van der Waals surface area contributed by atoms with Crippen molar-refractivity contribution in [3.05, 3.63) is 48.0 Å². The van der Waals surface area contributed by atoms with Crippen LogP contribution in [0.4, 0.5) is 18.9 Å². The predicted octanol–water partition coefficient (Wildman–Crippen LogP) is 3.80. The van der Waals surface area contributed by atoms with Crippen molar-refractivity contribution in [3.8, 4) is 17.2 Å². The van der Waals surface area contributed by atoms with Gasteiger partial charge in [-0.15, -0.1) is 13.2 Å². The first-order valence-electron chi connectivity index (χ1n) is 7.19. The highest BCUT2D eigenvalue weighted by molar-refractivity contribution is 7.80. The van der Waals surface area contributed by atoms with Crippen molar-refractivity contribution in [2.75, 3.05) is 12.1 Å².